The minimum Gasteiger partial charge on any atom is -0.491 e. The fourth-order valence-electron chi connectivity index (χ4n) is 2.21. The summed E-state index contributed by atoms with van der Waals surface area (Å²) in [5.74, 6) is 0.928. The maximum absolute atomic E-state index is 12.6. The molecule has 0 aliphatic heterocycles. The van der Waals surface area contributed by atoms with Crippen molar-refractivity contribution in [2.45, 2.75) is 31.5 Å². The molecular formula is C16H23F3IN3O2. The number of ether oxygens (including phenoxy) is 1. The molecule has 2 rings (SSSR count). The topological polar surface area (TPSA) is 79.9 Å². The molecule has 0 bridgehead atoms. The number of benzene rings is 1. The van der Waals surface area contributed by atoms with Gasteiger partial charge < -0.3 is 20.9 Å². The number of nitrogens with two attached hydrogens (primary N) is 1. The lowest BCUT2D eigenvalue weighted by Crippen LogP contribution is -2.38. The minimum atomic E-state index is -4.43. The van der Waals surface area contributed by atoms with Crippen molar-refractivity contribution in [2.75, 3.05) is 19.7 Å². The van der Waals surface area contributed by atoms with E-state index in [1.54, 1.807) is 0 Å². The highest BCUT2D eigenvalue weighted by molar-refractivity contribution is 14.0. The number of guanidine groups is 1. The van der Waals surface area contributed by atoms with E-state index in [2.05, 4.69) is 10.3 Å². The molecule has 1 atom stereocenters. The minimum absolute atomic E-state index is 0. The third kappa shape index (κ3) is 7.68. The molecule has 142 valence electrons. The highest BCUT2D eigenvalue weighted by atomic mass is 127. The molecule has 1 aromatic carbocycles. The monoisotopic (exact) mass is 473 g/mol. The van der Waals surface area contributed by atoms with Crippen LogP contribution in [0.1, 0.15) is 24.8 Å². The van der Waals surface area contributed by atoms with Gasteiger partial charge in [-0.25, -0.2) is 0 Å². The second-order valence-electron chi connectivity index (χ2n) is 5.89. The van der Waals surface area contributed by atoms with Gasteiger partial charge >= 0.3 is 6.18 Å². The summed E-state index contributed by atoms with van der Waals surface area (Å²) >= 11 is 0. The Balaban J connectivity index is 0.00000312. The summed E-state index contributed by atoms with van der Waals surface area (Å²) in [7, 11) is 0. The Hall–Kier alpha value is -1.23. The van der Waals surface area contributed by atoms with E-state index in [4.69, 9.17) is 10.5 Å². The second kappa shape index (κ2) is 10.0. The molecule has 9 heteroatoms. The van der Waals surface area contributed by atoms with E-state index in [-0.39, 0.29) is 48.8 Å². The lowest BCUT2D eigenvalue weighted by Gasteiger charge is -2.25. The summed E-state index contributed by atoms with van der Waals surface area (Å²) in [4.78, 5) is 4.00. The third-order valence-corrected chi connectivity index (χ3v) is 3.87. The van der Waals surface area contributed by atoms with Crippen LogP contribution >= 0.6 is 24.0 Å². The van der Waals surface area contributed by atoms with Crippen LogP contribution in [0.3, 0.4) is 0 Å². The van der Waals surface area contributed by atoms with Crippen LogP contribution in [0.5, 0.6) is 5.75 Å². The summed E-state index contributed by atoms with van der Waals surface area (Å²) in [6.07, 6.45) is -1.76. The molecule has 1 aliphatic carbocycles. The van der Waals surface area contributed by atoms with Crippen LogP contribution in [-0.4, -0.2) is 36.9 Å². The van der Waals surface area contributed by atoms with Crippen LogP contribution in [0.4, 0.5) is 13.2 Å². The summed E-state index contributed by atoms with van der Waals surface area (Å²) in [6.45, 7) is 0.620. The second-order valence-corrected chi connectivity index (χ2v) is 5.89. The quantitative estimate of drug-likeness (QED) is 0.324. The fourth-order valence-corrected chi connectivity index (χ4v) is 2.21. The summed E-state index contributed by atoms with van der Waals surface area (Å²) < 4.78 is 43.0. The zero-order chi connectivity index (χ0) is 17.6. The van der Waals surface area contributed by atoms with Crippen molar-refractivity contribution in [1.29, 1.82) is 0 Å². The van der Waals surface area contributed by atoms with Gasteiger partial charge in [0.1, 0.15) is 18.5 Å². The number of aliphatic imine (C=N–C) groups is 1. The number of rotatable bonds is 7. The van der Waals surface area contributed by atoms with Gasteiger partial charge in [0, 0.05) is 6.54 Å². The molecule has 1 fully saturated rings. The molecule has 0 heterocycles. The van der Waals surface area contributed by atoms with Gasteiger partial charge in [0.15, 0.2) is 5.96 Å². The summed E-state index contributed by atoms with van der Waals surface area (Å²) in [5, 5.41) is 12.8. The van der Waals surface area contributed by atoms with Gasteiger partial charge in [-0.1, -0.05) is 12.5 Å². The van der Waals surface area contributed by atoms with Crippen molar-refractivity contribution in [1.82, 2.24) is 5.32 Å². The van der Waals surface area contributed by atoms with Gasteiger partial charge in [0.2, 0.25) is 0 Å². The van der Waals surface area contributed by atoms with E-state index in [1.165, 1.54) is 31.4 Å². The first-order valence-electron chi connectivity index (χ1n) is 7.86. The molecule has 1 saturated carbocycles. The predicted molar refractivity (Wildman–Crippen MR) is 100 cm³/mol. The van der Waals surface area contributed by atoms with Crippen molar-refractivity contribution in [3.05, 3.63) is 29.8 Å². The molecule has 0 aromatic heterocycles. The van der Waals surface area contributed by atoms with E-state index >= 15 is 0 Å². The highest BCUT2D eigenvalue weighted by Gasteiger charge is 2.30. The van der Waals surface area contributed by atoms with Crippen LogP contribution in [0.15, 0.2) is 29.3 Å². The van der Waals surface area contributed by atoms with Crippen LogP contribution in [0.25, 0.3) is 0 Å². The Labute approximate surface area is 161 Å². The molecule has 0 spiro atoms. The maximum Gasteiger partial charge on any atom is 0.416 e. The number of hydrogen-bond acceptors (Lipinski definition) is 3. The van der Waals surface area contributed by atoms with E-state index < -0.39 is 17.8 Å². The number of nitrogens with one attached hydrogen (secondary N) is 1. The number of alkyl halides is 3. The largest absolute Gasteiger partial charge is 0.491 e. The molecule has 0 saturated heterocycles. The average molecular weight is 473 g/mol. The maximum atomic E-state index is 12.6. The first-order chi connectivity index (χ1) is 11.3. The van der Waals surface area contributed by atoms with E-state index in [1.807, 2.05) is 0 Å². The van der Waals surface area contributed by atoms with E-state index in [0.29, 0.717) is 5.92 Å². The Morgan fingerprint density at radius 3 is 2.72 bits per heavy atom. The van der Waals surface area contributed by atoms with Gasteiger partial charge in [-0.2, -0.15) is 13.2 Å². The lowest BCUT2D eigenvalue weighted by atomic mass is 9.85. The van der Waals surface area contributed by atoms with Crippen molar-refractivity contribution < 1.29 is 23.0 Å². The molecule has 1 unspecified atom stereocenters. The smallest absolute Gasteiger partial charge is 0.416 e. The highest BCUT2D eigenvalue weighted by Crippen LogP contribution is 2.31. The van der Waals surface area contributed by atoms with Crippen LogP contribution < -0.4 is 15.8 Å². The number of aliphatic hydroxyl groups excluding tert-OH is 1. The van der Waals surface area contributed by atoms with Gasteiger partial charge in [-0.05, 0) is 37.0 Å². The lowest BCUT2D eigenvalue weighted by molar-refractivity contribution is -0.137. The molecule has 25 heavy (non-hydrogen) atoms. The van der Waals surface area contributed by atoms with Crippen molar-refractivity contribution in [3.63, 3.8) is 0 Å². The average Bonchev–Trinajstić information content (AvgIpc) is 2.49. The third-order valence-electron chi connectivity index (χ3n) is 3.87. The standard InChI is InChI=1S/C16H22F3N3O2.HI/c17-16(18,19)12-5-2-6-14(7-12)24-10-13(23)9-22-15(20)21-8-11-3-1-4-11;/h2,5-7,11,13,23H,1,3-4,8-10H2,(H3,20,21,22);1H. The molecule has 1 aromatic rings. The Kier molecular flexibility index (Phi) is 8.77. The number of nitrogens with zero attached hydrogens (tertiary/aromatic N) is 1. The first-order valence-corrected chi connectivity index (χ1v) is 7.86. The molecule has 0 radical (unpaired) electrons. The normalized spacial score (nSPS) is 16.6. The van der Waals surface area contributed by atoms with E-state index in [0.717, 1.165) is 18.7 Å². The first kappa shape index (κ1) is 21.8. The van der Waals surface area contributed by atoms with Crippen molar-refractivity contribution >= 4 is 29.9 Å². The van der Waals surface area contributed by atoms with Gasteiger partial charge in [0.05, 0.1) is 12.1 Å². The molecule has 5 nitrogen and oxygen atoms in total. The van der Waals surface area contributed by atoms with Crippen LogP contribution in [-0.2, 0) is 6.18 Å². The van der Waals surface area contributed by atoms with Gasteiger partial charge in [-0.3, -0.25) is 4.99 Å². The predicted octanol–water partition coefficient (Wildman–Crippen LogP) is 2.77. The molecule has 0 amide bonds. The number of hydrogen-bond donors (Lipinski definition) is 3. The van der Waals surface area contributed by atoms with E-state index in [9.17, 15) is 18.3 Å². The SMILES string of the molecule is I.NC(=NCC(O)COc1cccc(C(F)(F)F)c1)NCC1CCC1. The Morgan fingerprint density at radius 1 is 1.40 bits per heavy atom. The molecule has 4 N–H and O–H groups in total. The number of halogens is 4. The van der Waals surface area contributed by atoms with Gasteiger partial charge in [-0.15, -0.1) is 24.0 Å². The Bertz CT molecular complexity index is 566. The van der Waals surface area contributed by atoms with Crippen molar-refractivity contribution in [2.24, 2.45) is 16.6 Å². The molecular weight excluding hydrogens is 450 g/mol. The van der Waals surface area contributed by atoms with Crippen molar-refractivity contribution in [3.8, 4) is 5.75 Å². The summed E-state index contributed by atoms with van der Waals surface area (Å²) in [5.41, 5.74) is 4.89. The van der Waals surface area contributed by atoms with Crippen LogP contribution in [0.2, 0.25) is 0 Å². The van der Waals surface area contributed by atoms with Gasteiger partial charge in [0.25, 0.3) is 0 Å². The fraction of sp³-hybridized carbons (Fsp3) is 0.562. The summed E-state index contributed by atoms with van der Waals surface area (Å²) in [6, 6.07) is 4.51. The number of aliphatic hydroxyl groups is 1. The zero-order valence-electron chi connectivity index (χ0n) is 13.6. The molecule has 1 aliphatic rings. The Morgan fingerprint density at radius 2 is 2.12 bits per heavy atom. The zero-order valence-corrected chi connectivity index (χ0v) is 16.0. The van der Waals surface area contributed by atoms with Crippen LogP contribution in [0, 0.1) is 5.92 Å².